The number of fused-ring (bicyclic) bond motifs is 1. The third kappa shape index (κ3) is 4.41. The van der Waals surface area contributed by atoms with Crippen LogP contribution in [0, 0.1) is 5.82 Å². The van der Waals surface area contributed by atoms with Gasteiger partial charge < -0.3 is 19.3 Å². The average Bonchev–Trinajstić information content (AvgIpc) is 3.35. The minimum atomic E-state index is -0.604. The Labute approximate surface area is 199 Å². The van der Waals surface area contributed by atoms with E-state index in [1.165, 1.54) is 29.5 Å². The molecule has 0 unspecified atom stereocenters. The number of nitrogens with zero attached hydrogens (tertiary/aromatic N) is 2. The van der Waals surface area contributed by atoms with E-state index >= 15 is 0 Å². The van der Waals surface area contributed by atoms with Crippen LogP contribution >= 0.6 is 22.9 Å². The molecule has 0 radical (unpaired) electrons. The van der Waals surface area contributed by atoms with Gasteiger partial charge in [-0.2, -0.15) is 0 Å². The average molecular weight is 487 g/mol. The molecule has 170 valence electrons. The molecule has 2 aliphatic heterocycles. The lowest BCUT2D eigenvalue weighted by Crippen LogP contribution is -2.50. The third-order valence-corrected chi connectivity index (χ3v) is 7.01. The smallest absolute Gasteiger partial charge is 0.264 e. The monoisotopic (exact) mass is 486 g/mol. The molecule has 0 atom stereocenters. The van der Waals surface area contributed by atoms with Gasteiger partial charge in [0.1, 0.15) is 19.0 Å². The highest BCUT2D eigenvalue weighted by atomic mass is 35.5. The van der Waals surface area contributed by atoms with Gasteiger partial charge in [0, 0.05) is 36.1 Å². The lowest BCUT2D eigenvalue weighted by Gasteiger charge is -2.34. The fourth-order valence-corrected chi connectivity index (χ4v) is 5.05. The van der Waals surface area contributed by atoms with Crippen molar-refractivity contribution >= 4 is 34.8 Å². The molecule has 2 amide bonds. The van der Waals surface area contributed by atoms with Gasteiger partial charge in [-0.05, 0) is 54.1 Å². The molecule has 2 aliphatic rings. The number of hydrogen-bond donors (Lipinski definition) is 0. The maximum Gasteiger partial charge on any atom is 0.264 e. The van der Waals surface area contributed by atoms with Crippen LogP contribution in [0.4, 0.5) is 4.39 Å². The summed E-state index contributed by atoms with van der Waals surface area (Å²) in [7, 11) is 0. The molecule has 1 saturated heterocycles. The Morgan fingerprint density at radius 3 is 2.30 bits per heavy atom. The highest BCUT2D eigenvalue weighted by Crippen LogP contribution is 2.37. The number of carbonyl (C=O) groups excluding carboxylic acids is 2. The van der Waals surface area contributed by atoms with Crippen LogP contribution in [-0.2, 0) is 0 Å². The van der Waals surface area contributed by atoms with E-state index in [2.05, 4.69) is 0 Å². The zero-order valence-electron chi connectivity index (χ0n) is 17.6. The van der Waals surface area contributed by atoms with Crippen molar-refractivity contribution in [3.63, 3.8) is 0 Å². The molecular weight excluding hydrogens is 467 g/mol. The Kier molecular flexibility index (Phi) is 5.95. The fraction of sp³-hybridized carbons (Fsp3) is 0.250. The van der Waals surface area contributed by atoms with Crippen LogP contribution in [0.3, 0.4) is 0 Å². The van der Waals surface area contributed by atoms with Crippen LogP contribution in [0.1, 0.15) is 20.0 Å². The number of piperazine rings is 1. The molecule has 0 spiro atoms. The van der Waals surface area contributed by atoms with Crippen molar-refractivity contribution < 1.29 is 23.5 Å². The highest BCUT2D eigenvalue weighted by Gasteiger charge is 2.27. The van der Waals surface area contributed by atoms with E-state index in [1.54, 1.807) is 9.80 Å². The lowest BCUT2D eigenvalue weighted by molar-refractivity contribution is 0.0535. The minimum absolute atomic E-state index is 0.0513. The first kappa shape index (κ1) is 21.7. The molecule has 0 N–H and O–H groups in total. The van der Waals surface area contributed by atoms with E-state index in [1.807, 2.05) is 30.3 Å². The lowest BCUT2D eigenvalue weighted by atomic mass is 10.1. The van der Waals surface area contributed by atoms with Crippen molar-refractivity contribution in [1.82, 2.24) is 9.80 Å². The maximum atomic E-state index is 14.1. The van der Waals surface area contributed by atoms with Crippen molar-refractivity contribution in [1.29, 1.82) is 0 Å². The van der Waals surface area contributed by atoms with Gasteiger partial charge in [0.05, 0.1) is 10.4 Å². The Morgan fingerprint density at radius 1 is 0.848 bits per heavy atom. The predicted octanol–water partition coefficient (Wildman–Crippen LogP) is 4.58. The van der Waals surface area contributed by atoms with Crippen LogP contribution in [0.25, 0.3) is 10.4 Å². The Hall–Kier alpha value is -3.10. The summed E-state index contributed by atoms with van der Waals surface area (Å²) < 4.78 is 25.3. The number of thiophene rings is 1. The number of carbonyl (C=O) groups is 2. The quantitative estimate of drug-likeness (QED) is 0.544. The SMILES string of the molecule is O=C(c1ccc(-c2ccc3c(c2)OCCO3)s1)N1CCN(C(=O)c2cc(Cl)ccc2F)CC1. The van der Waals surface area contributed by atoms with Gasteiger partial charge in [-0.3, -0.25) is 9.59 Å². The van der Waals surface area contributed by atoms with Gasteiger partial charge in [-0.15, -0.1) is 11.3 Å². The van der Waals surface area contributed by atoms with Crippen LogP contribution in [0.2, 0.25) is 5.02 Å². The van der Waals surface area contributed by atoms with Crippen molar-refractivity contribution in [3.05, 3.63) is 69.8 Å². The van der Waals surface area contributed by atoms with Gasteiger partial charge in [0.25, 0.3) is 11.8 Å². The normalized spacial score (nSPS) is 15.5. The van der Waals surface area contributed by atoms with Crippen LogP contribution in [0.5, 0.6) is 11.5 Å². The van der Waals surface area contributed by atoms with E-state index in [4.69, 9.17) is 21.1 Å². The van der Waals surface area contributed by atoms with Crippen LogP contribution in [-0.4, -0.2) is 61.0 Å². The first-order valence-electron chi connectivity index (χ1n) is 10.5. The molecule has 9 heteroatoms. The molecular formula is C24H20ClFN2O4S. The molecule has 2 aromatic carbocycles. The standard InChI is InChI=1S/C24H20ClFN2O4S/c25-16-2-3-18(26)17(14-16)23(29)27-7-9-28(10-8-27)24(30)22-6-5-21(33-22)15-1-4-19-20(13-15)32-12-11-31-19/h1-6,13-14H,7-12H2. The summed E-state index contributed by atoms with van der Waals surface area (Å²) in [5.41, 5.74) is 0.909. The first-order valence-corrected chi connectivity index (χ1v) is 11.7. The molecule has 0 bridgehead atoms. The number of hydrogen-bond acceptors (Lipinski definition) is 5. The van der Waals surface area contributed by atoms with Crippen molar-refractivity contribution in [2.24, 2.45) is 0 Å². The molecule has 0 aliphatic carbocycles. The number of ether oxygens (including phenoxy) is 2. The van der Waals surface area contributed by atoms with Crippen molar-refractivity contribution in [2.75, 3.05) is 39.4 Å². The molecule has 0 saturated carbocycles. The molecule has 1 aromatic heterocycles. The van der Waals surface area contributed by atoms with Crippen LogP contribution < -0.4 is 9.47 Å². The van der Waals surface area contributed by atoms with Gasteiger partial charge in [0.15, 0.2) is 11.5 Å². The van der Waals surface area contributed by atoms with E-state index in [0.717, 1.165) is 16.2 Å². The second-order valence-electron chi connectivity index (χ2n) is 7.73. The van der Waals surface area contributed by atoms with Crippen LogP contribution in [0.15, 0.2) is 48.5 Å². The largest absolute Gasteiger partial charge is 0.486 e. The van der Waals surface area contributed by atoms with E-state index in [9.17, 15) is 14.0 Å². The fourth-order valence-electron chi connectivity index (χ4n) is 3.90. The van der Waals surface area contributed by atoms with Gasteiger partial charge in [-0.25, -0.2) is 4.39 Å². The molecule has 3 heterocycles. The second kappa shape index (κ2) is 9.03. The third-order valence-electron chi connectivity index (χ3n) is 5.66. The topological polar surface area (TPSA) is 59.1 Å². The second-order valence-corrected chi connectivity index (χ2v) is 9.25. The Balaban J connectivity index is 1.24. The van der Waals surface area contributed by atoms with Crippen molar-refractivity contribution in [2.45, 2.75) is 0 Å². The summed E-state index contributed by atoms with van der Waals surface area (Å²) in [4.78, 5) is 30.6. The Bertz CT molecular complexity index is 1220. The Morgan fingerprint density at radius 2 is 1.55 bits per heavy atom. The molecule has 6 nitrogen and oxygen atoms in total. The van der Waals surface area contributed by atoms with E-state index in [0.29, 0.717) is 55.0 Å². The van der Waals surface area contributed by atoms with Gasteiger partial charge in [0.2, 0.25) is 0 Å². The zero-order valence-corrected chi connectivity index (χ0v) is 19.1. The molecule has 1 fully saturated rings. The summed E-state index contributed by atoms with van der Waals surface area (Å²) in [6, 6.07) is 13.4. The zero-order chi connectivity index (χ0) is 22.9. The number of rotatable bonds is 3. The minimum Gasteiger partial charge on any atom is -0.486 e. The molecule has 33 heavy (non-hydrogen) atoms. The first-order chi connectivity index (χ1) is 16.0. The number of benzene rings is 2. The van der Waals surface area contributed by atoms with Crippen molar-refractivity contribution in [3.8, 4) is 21.9 Å². The van der Waals surface area contributed by atoms with Gasteiger partial charge >= 0.3 is 0 Å². The summed E-state index contributed by atoms with van der Waals surface area (Å²) in [5.74, 6) is 0.331. The summed E-state index contributed by atoms with van der Waals surface area (Å²) in [6.45, 7) is 2.47. The van der Waals surface area contributed by atoms with E-state index in [-0.39, 0.29) is 11.5 Å². The predicted molar refractivity (Wildman–Crippen MR) is 124 cm³/mol. The number of halogens is 2. The molecule has 3 aromatic rings. The van der Waals surface area contributed by atoms with Gasteiger partial charge in [-0.1, -0.05) is 11.6 Å². The highest BCUT2D eigenvalue weighted by molar-refractivity contribution is 7.17. The molecule has 5 rings (SSSR count). The summed E-state index contributed by atoms with van der Waals surface area (Å²) in [5, 5.41) is 0.306. The summed E-state index contributed by atoms with van der Waals surface area (Å²) >= 11 is 7.32. The van der Waals surface area contributed by atoms with E-state index < -0.39 is 11.7 Å². The summed E-state index contributed by atoms with van der Waals surface area (Å²) in [6.07, 6.45) is 0. The number of amides is 2. The maximum absolute atomic E-state index is 14.1.